The lowest BCUT2D eigenvalue weighted by atomic mass is 10.0. The number of anilines is 1. The molecule has 2 aromatic carbocycles. The molecule has 0 radical (unpaired) electrons. The van der Waals surface area contributed by atoms with Gasteiger partial charge in [-0.25, -0.2) is 0 Å². The quantitative estimate of drug-likeness (QED) is 0.778. The third-order valence-corrected chi connectivity index (χ3v) is 3.22. The van der Waals surface area contributed by atoms with Crippen LogP contribution in [0.15, 0.2) is 42.5 Å². The Hall–Kier alpha value is -2.36. The Morgan fingerprint density at radius 2 is 1.80 bits per heavy atom. The van der Waals surface area contributed by atoms with E-state index in [9.17, 15) is 10.2 Å². The lowest BCUT2D eigenvalue weighted by molar-refractivity contribution is 0.373. The van der Waals surface area contributed by atoms with Crippen LogP contribution in [0.3, 0.4) is 0 Å². The maximum atomic E-state index is 9.79. The second-order valence-corrected chi connectivity index (χ2v) is 4.58. The number of hydrogen-bond acceptors (Lipinski definition) is 4. The van der Waals surface area contributed by atoms with Crippen molar-refractivity contribution in [1.82, 2.24) is 0 Å². The normalized spacial score (nSPS) is 11.9. The molecule has 0 fully saturated rings. The first-order valence-corrected chi connectivity index (χ1v) is 6.56. The highest BCUT2D eigenvalue weighted by atomic mass is 16.5. The first kappa shape index (κ1) is 14.1. The minimum atomic E-state index is 0.109. The molecular formula is C16H19NO3. The Labute approximate surface area is 118 Å². The summed E-state index contributed by atoms with van der Waals surface area (Å²) < 4.78 is 5.02. The second kappa shape index (κ2) is 6.19. The molecule has 0 saturated heterocycles. The number of phenolic OH excluding ortho intramolecular Hbond substituents is 2. The zero-order valence-electron chi connectivity index (χ0n) is 11.6. The van der Waals surface area contributed by atoms with Crippen molar-refractivity contribution in [2.75, 3.05) is 12.4 Å². The predicted octanol–water partition coefficient (Wildman–Crippen LogP) is 3.67. The third kappa shape index (κ3) is 3.15. The summed E-state index contributed by atoms with van der Waals surface area (Å²) in [5, 5.41) is 22.5. The Bertz CT molecular complexity index is 566. The van der Waals surface area contributed by atoms with E-state index in [1.165, 1.54) is 7.11 Å². The summed E-state index contributed by atoms with van der Waals surface area (Å²) in [4.78, 5) is 0. The van der Waals surface area contributed by atoms with Crippen LogP contribution in [0.4, 0.5) is 5.69 Å². The van der Waals surface area contributed by atoms with Gasteiger partial charge >= 0.3 is 0 Å². The van der Waals surface area contributed by atoms with Gasteiger partial charge in [-0.1, -0.05) is 19.1 Å². The highest BCUT2D eigenvalue weighted by Gasteiger charge is 2.10. The second-order valence-electron chi connectivity index (χ2n) is 4.58. The number of methoxy groups -OCH3 is 1. The van der Waals surface area contributed by atoms with E-state index in [1.54, 1.807) is 24.3 Å². The molecule has 0 bridgehead atoms. The van der Waals surface area contributed by atoms with Crippen LogP contribution in [0.2, 0.25) is 0 Å². The third-order valence-electron chi connectivity index (χ3n) is 3.22. The molecule has 4 nitrogen and oxygen atoms in total. The Balaban J connectivity index is 2.17. The molecule has 106 valence electrons. The molecule has 0 aliphatic carbocycles. The van der Waals surface area contributed by atoms with E-state index in [0.717, 1.165) is 17.7 Å². The first-order valence-electron chi connectivity index (χ1n) is 6.56. The SMILES string of the molecule is CCC(Nc1ccc(OC)c(O)c1)c1ccc(O)cc1. The highest BCUT2D eigenvalue weighted by Crippen LogP contribution is 2.31. The van der Waals surface area contributed by atoms with Crippen LogP contribution < -0.4 is 10.1 Å². The fourth-order valence-corrected chi connectivity index (χ4v) is 2.11. The monoisotopic (exact) mass is 273 g/mol. The first-order chi connectivity index (χ1) is 9.63. The van der Waals surface area contributed by atoms with E-state index in [0.29, 0.717) is 5.75 Å². The summed E-state index contributed by atoms with van der Waals surface area (Å²) in [5.74, 6) is 0.817. The zero-order valence-corrected chi connectivity index (χ0v) is 11.6. The van der Waals surface area contributed by atoms with Gasteiger partial charge < -0.3 is 20.3 Å². The summed E-state index contributed by atoms with van der Waals surface area (Å²) in [7, 11) is 1.52. The van der Waals surface area contributed by atoms with Gasteiger partial charge in [0, 0.05) is 11.8 Å². The average molecular weight is 273 g/mol. The average Bonchev–Trinajstić information content (AvgIpc) is 2.46. The number of hydrogen-bond donors (Lipinski definition) is 3. The summed E-state index contributed by atoms with van der Waals surface area (Å²) in [6.45, 7) is 2.08. The maximum Gasteiger partial charge on any atom is 0.160 e. The van der Waals surface area contributed by atoms with Gasteiger partial charge in [0.15, 0.2) is 11.5 Å². The number of aromatic hydroxyl groups is 2. The lowest BCUT2D eigenvalue weighted by Crippen LogP contribution is -2.09. The summed E-state index contributed by atoms with van der Waals surface area (Å²) >= 11 is 0. The Morgan fingerprint density at radius 1 is 1.10 bits per heavy atom. The molecule has 1 atom stereocenters. The molecule has 4 heteroatoms. The number of ether oxygens (including phenoxy) is 1. The minimum absolute atomic E-state index is 0.109. The molecule has 0 aliphatic rings. The Morgan fingerprint density at radius 3 is 2.35 bits per heavy atom. The van der Waals surface area contributed by atoms with Crippen molar-refractivity contribution in [3.05, 3.63) is 48.0 Å². The van der Waals surface area contributed by atoms with Gasteiger partial charge in [0.2, 0.25) is 0 Å². The predicted molar refractivity (Wildman–Crippen MR) is 79.4 cm³/mol. The van der Waals surface area contributed by atoms with Crippen LogP contribution in [-0.4, -0.2) is 17.3 Å². The van der Waals surface area contributed by atoms with E-state index in [2.05, 4.69) is 12.2 Å². The molecule has 2 rings (SSSR count). The Kier molecular flexibility index (Phi) is 4.35. The van der Waals surface area contributed by atoms with E-state index in [-0.39, 0.29) is 17.5 Å². The van der Waals surface area contributed by atoms with Crippen molar-refractivity contribution in [2.45, 2.75) is 19.4 Å². The summed E-state index contributed by atoms with van der Waals surface area (Å²) in [6, 6.07) is 12.5. The molecule has 0 amide bonds. The largest absolute Gasteiger partial charge is 0.508 e. The van der Waals surface area contributed by atoms with Crippen molar-refractivity contribution in [1.29, 1.82) is 0 Å². The molecule has 0 spiro atoms. The van der Waals surface area contributed by atoms with Gasteiger partial charge in [0.25, 0.3) is 0 Å². The van der Waals surface area contributed by atoms with Gasteiger partial charge in [0.1, 0.15) is 5.75 Å². The van der Waals surface area contributed by atoms with Crippen LogP contribution in [0, 0.1) is 0 Å². The van der Waals surface area contributed by atoms with Crippen LogP contribution >= 0.6 is 0 Å². The van der Waals surface area contributed by atoms with Gasteiger partial charge in [-0.3, -0.25) is 0 Å². The maximum absolute atomic E-state index is 9.79. The fraction of sp³-hybridized carbons (Fsp3) is 0.250. The molecule has 0 saturated carbocycles. The molecule has 1 unspecified atom stereocenters. The van der Waals surface area contributed by atoms with Gasteiger partial charge in [-0.2, -0.15) is 0 Å². The topological polar surface area (TPSA) is 61.7 Å². The molecule has 0 aliphatic heterocycles. The van der Waals surface area contributed by atoms with Crippen molar-refractivity contribution in [3.8, 4) is 17.2 Å². The number of nitrogens with one attached hydrogen (secondary N) is 1. The smallest absolute Gasteiger partial charge is 0.160 e. The van der Waals surface area contributed by atoms with Crippen LogP contribution in [0.25, 0.3) is 0 Å². The number of phenols is 2. The molecule has 20 heavy (non-hydrogen) atoms. The molecule has 2 aromatic rings. The van der Waals surface area contributed by atoms with Gasteiger partial charge in [0.05, 0.1) is 13.2 Å². The van der Waals surface area contributed by atoms with Crippen LogP contribution in [0.5, 0.6) is 17.2 Å². The number of rotatable bonds is 5. The van der Waals surface area contributed by atoms with E-state index >= 15 is 0 Å². The van der Waals surface area contributed by atoms with E-state index < -0.39 is 0 Å². The number of benzene rings is 2. The molecule has 0 heterocycles. The van der Waals surface area contributed by atoms with E-state index in [1.807, 2.05) is 18.2 Å². The standard InChI is InChI=1S/C16H19NO3/c1-3-14(11-4-7-13(18)8-5-11)17-12-6-9-16(20-2)15(19)10-12/h4-10,14,17-19H,3H2,1-2H3. The van der Waals surface area contributed by atoms with Crippen molar-refractivity contribution in [2.24, 2.45) is 0 Å². The lowest BCUT2D eigenvalue weighted by Gasteiger charge is -2.19. The molecule has 3 N–H and O–H groups in total. The van der Waals surface area contributed by atoms with Crippen molar-refractivity contribution >= 4 is 5.69 Å². The molecule has 0 aromatic heterocycles. The van der Waals surface area contributed by atoms with Crippen LogP contribution in [0.1, 0.15) is 24.9 Å². The van der Waals surface area contributed by atoms with Gasteiger partial charge in [-0.15, -0.1) is 0 Å². The van der Waals surface area contributed by atoms with Crippen LogP contribution in [-0.2, 0) is 0 Å². The molecular weight excluding hydrogens is 254 g/mol. The van der Waals surface area contributed by atoms with E-state index in [4.69, 9.17) is 4.74 Å². The highest BCUT2D eigenvalue weighted by molar-refractivity contribution is 5.55. The van der Waals surface area contributed by atoms with Gasteiger partial charge in [-0.05, 0) is 36.2 Å². The van der Waals surface area contributed by atoms with Crippen molar-refractivity contribution < 1.29 is 14.9 Å². The fourth-order valence-electron chi connectivity index (χ4n) is 2.11. The summed E-state index contributed by atoms with van der Waals surface area (Å²) in [6.07, 6.45) is 0.886. The van der Waals surface area contributed by atoms with Crippen molar-refractivity contribution in [3.63, 3.8) is 0 Å². The zero-order chi connectivity index (χ0) is 14.5. The minimum Gasteiger partial charge on any atom is -0.508 e. The summed E-state index contributed by atoms with van der Waals surface area (Å²) in [5.41, 5.74) is 1.91.